The molecule has 0 spiro atoms. The molecule has 11 nitrogen and oxygen atoms in total. The number of carbonyl (C=O) groups is 7. The number of carbonyl (C=O) groups excluding carboxylic acids is 6. The molecule has 0 heterocycles. The summed E-state index contributed by atoms with van der Waals surface area (Å²) in [6.07, 6.45) is 2.51. The smallest absolute Gasteiger partial charge is 0.307 e. The molecule has 2 amide bonds. The molecule has 0 radical (unpaired) electrons. The van der Waals surface area contributed by atoms with E-state index in [9.17, 15) is 38.7 Å². The fraction of sp³-hybridized carbons (Fsp3) is 0.774. The molecule has 0 aliphatic carbocycles. The number of aliphatic carboxylic acids is 1. The average molecular weight is 661 g/mol. The van der Waals surface area contributed by atoms with E-state index in [1.807, 2.05) is 20.8 Å². The molecule has 44 heavy (non-hydrogen) atoms. The number of esters is 1. The number of nitrogens with one attached hydrogen (secondary N) is 2. The van der Waals surface area contributed by atoms with E-state index in [2.05, 4.69) is 10.6 Å². The Balaban J connectivity index is 4.71. The summed E-state index contributed by atoms with van der Waals surface area (Å²) in [4.78, 5) is 85.1. The Hall–Kier alpha value is -2.41. The number of unbranched alkanes of at least 4 members (excludes halogenated alkanes) is 1. The van der Waals surface area contributed by atoms with E-state index >= 15 is 0 Å². The second-order valence-electron chi connectivity index (χ2n) is 12.2. The minimum Gasteiger partial charge on any atom is -0.481 e. The van der Waals surface area contributed by atoms with Crippen molar-refractivity contribution in [1.82, 2.24) is 10.6 Å². The Morgan fingerprint density at radius 3 is 2.00 bits per heavy atom. The van der Waals surface area contributed by atoms with E-state index in [0.717, 1.165) is 11.8 Å². The first-order chi connectivity index (χ1) is 20.4. The van der Waals surface area contributed by atoms with Gasteiger partial charge in [0.05, 0.1) is 35.8 Å². The second-order valence-corrected chi connectivity index (χ2v) is 14.3. The third kappa shape index (κ3) is 21.3. The Kier molecular flexibility index (Phi) is 20.9. The van der Waals surface area contributed by atoms with Crippen LogP contribution >= 0.6 is 23.5 Å². The highest BCUT2D eigenvalue weighted by molar-refractivity contribution is 8.00. The molecule has 13 heteroatoms. The van der Waals surface area contributed by atoms with E-state index in [0.29, 0.717) is 44.3 Å². The van der Waals surface area contributed by atoms with Crippen molar-refractivity contribution in [3.63, 3.8) is 0 Å². The van der Waals surface area contributed by atoms with Gasteiger partial charge in [-0.2, -0.15) is 23.5 Å². The van der Waals surface area contributed by atoms with Crippen molar-refractivity contribution >= 4 is 64.6 Å². The van der Waals surface area contributed by atoms with Gasteiger partial charge in [0.25, 0.3) is 0 Å². The fourth-order valence-electron chi connectivity index (χ4n) is 4.10. The van der Waals surface area contributed by atoms with Crippen LogP contribution in [0.25, 0.3) is 0 Å². The number of Topliss-reactive ketones (excluding diaryl/α,β-unsaturated/α-hetero) is 3. The quantitative estimate of drug-likeness (QED) is 0.101. The normalized spacial score (nSPS) is 13.5. The van der Waals surface area contributed by atoms with E-state index in [1.54, 1.807) is 20.8 Å². The van der Waals surface area contributed by atoms with Crippen LogP contribution in [-0.2, 0) is 38.3 Å². The van der Waals surface area contributed by atoms with Crippen LogP contribution in [0.1, 0.15) is 99.8 Å². The van der Waals surface area contributed by atoms with Gasteiger partial charge >= 0.3 is 11.9 Å². The summed E-state index contributed by atoms with van der Waals surface area (Å²) in [7, 11) is 0. The lowest BCUT2D eigenvalue weighted by molar-refractivity contribution is -0.159. The van der Waals surface area contributed by atoms with Crippen molar-refractivity contribution in [2.75, 3.05) is 23.0 Å². The summed E-state index contributed by atoms with van der Waals surface area (Å²) < 4.78 is 5.19. The van der Waals surface area contributed by atoms with Crippen LogP contribution in [0.2, 0.25) is 0 Å². The van der Waals surface area contributed by atoms with Crippen molar-refractivity contribution in [2.24, 2.45) is 11.8 Å². The molecule has 0 saturated carbocycles. The lowest BCUT2D eigenvalue weighted by Crippen LogP contribution is -2.41. The topological polar surface area (TPSA) is 173 Å². The molecule has 0 fully saturated rings. The lowest BCUT2D eigenvalue weighted by Gasteiger charge is -2.21. The van der Waals surface area contributed by atoms with Gasteiger partial charge in [-0.25, -0.2) is 0 Å². The second kappa shape index (κ2) is 22.2. The maximum atomic E-state index is 12.6. The molecule has 0 bridgehead atoms. The van der Waals surface area contributed by atoms with Crippen molar-refractivity contribution in [3.8, 4) is 0 Å². The highest BCUT2D eigenvalue weighted by Crippen LogP contribution is 2.18. The highest BCUT2D eigenvalue weighted by Gasteiger charge is 2.26. The number of amides is 2. The molecular weight excluding hydrogens is 608 g/mol. The average Bonchev–Trinajstić information content (AvgIpc) is 2.87. The Morgan fingerprint density at radius 2 is 1.45 bits per heavy atom. The van der Waals surface area contributed by atoms with E-state index < -0.39 is 41.3 Å². The Morgan fingerprint density at radius 1 is 0.841 bits per heavy atom. The zero-order chi connectivity index (χ0) is 33.9. The molecule has 0 aromatic rings. The number of ether oxygens (including phenoxy) is 1. The van der Waals surface area contributed by atoms with Gasteiger partial charge in [-0.15, -0.1) is 0 Å². The molecule has 252 valence electrons. The van der Waals surface area contributed by atoms with E-state index in [4.69, 9.17) is 4.74 Å². The van der Waals surface area contributed by atoms with E-state index in [1.165, 1.54) is 18.7 Å². The van der Waals surface area contributed by atoms with Crippen LogP contribution in [0.3, 0.4) is 0 Å². The predicted octanol–water partition coefficient (Wildman–Crippen LogP) is 3.99. The fourth-order valence-corrected chi connectivity index (χ4v) is 6.08. The first-order valence-corrected chi connectivity index (χ1v) is 17.5. The Bertz CT molecular complexity index is 980. The predicted molar refractivity (Wildman–Crippen MR) is 174 cm³/mol. The number of carboxylic acids is 1. The third-order valence-corrected chi connectivity index (χ3v) is 8.34. The number of hydrogen-bond acceptors (Lipinski definition) is 10. The molecule has 0 aliphatic rings. The summed E-state index contributed by atoms with van der Waals surface area (Å²) in [6.45, 7) is 12.1. The van der Waals surface area contributed by atoms with Gasteiger partial charge in [0.1, 0.15) is 17.2 Å². The van der Waals surface area contributed by atoms with Gasteiger partial charge in [-0.05, 0) is 60.8 Å². The van der Waals surface area contributed by atoms with Crippen LogP contribution < -0.4 is 10.6 Å². The van der Waals surface area contributed by atoms with Gasteiger partial charge < -0.3 is 25.3 Å². The van der Waals surface area contributed by atoms with Gasteiger partial charge in [-0.1, -0.05) is 13.3 Å². The van der Waals surface area contributed by atoms with Gasteiger partial charge in [0, 0.05) is 36.8 Å². The lowest BCUT2D eigenvalue weighted by atomic mass is 10.0. The summed E-state index contributed by atoms with van der Waals surface area (Å²) in [5.74, 6) is -3.47. The molecule has 0 aromatic heterocycles. The van der Waals surface area contributed by atoms with E-state index in [-0.39, 0.29) is 59.4 Å². The molecular formula is C31H52N2O9S2. The third-order valence-electron chi connectivity index (χ3n) is 6.07. The molecule has 0 aliphatic heterocycles. The standard InChI is InChI=1S/C31H52N2O9S2/c1-8-11-26(36)25(33-27(37)19-44-17-23(30(40)41)15-28(38)42-31(5,6)7)13-10-9-12-24(35)18-43-16-22(14-21(4)34)29(39)32-20(2)3/h20,22-23,25H,8-19H2,1-7H3,(H,32,39)(H,33,37)(H,40,41)/t22-,23-,25-/m0/s1. The van der Waals surface area contributed by atoms with Crippen LogP contribution in [-0.4, -0.2) is 86.9 Å². The number of thioether (sulfide) groups is 2. The monoisotopic (exact) mass is 660 g/mol. The molecule has 3 N–H and O–H groups in total. The molecule has 0 rings (SSSR count). The zero-order valence-corrected chi connectivity index (χ0v) is 29.0. The molecule has 0 aromatic carbocycles. The maximum absolute atomic E-state index is 12.6. The van der Waals surface area contributed by atoms with Crippen LogP contribution in [0, 0.1) is 11.8 Å². The van der Waals surface area contributed by atoms with Gasteiger partial charge in [0.2, 0.25) is 11.8 Å². The number of ketones is 3. The molecule has 0 unspecified atom stereocenters. The number of carboxylic acid groups (broad SMARTS) is 1. The van der Waals surface area contributed by atoms with Crippen LogP contribution in [0.5, 0.6) is 0 Å². The van der Waals surface area contributed by atoms with Crippen LogP contribution in [0.4, 0.5) is 0 Å². The Labute approximate surface area is 270 Å². The zero-order valence-electron chi connectivity index (χ0n) is 27.3. The van der Waals surface area contributed by atoms with Crippen molar-refractivity contribution in [3.05, 3.63) is 0 Å². The first-order valence-electron chi connectivity index (χ1n) is 15.2. The van der Waals surface area contributed by atoms with Crippen molar-refractivity contribution in [1.29, 1.82) is 0 Å². The highest BCUT2D eigenvalue weighted by atomic mass is 32.2. The summed E-state index contributed by atoms with van der Waals surface area (Å²) in [6, 6.07) is -0.739. The number of rotatable bonds is 24. The minimum atomic E-state index is -1.15. The van der Waals surface area contributed by atoms with Crippen molar-refractivity contribution < 1.29 is 43.4 Å². The summed E-state index contributed by atoms with van der Waals surface area (Å²) in [5, 5.41) is 15.0. The summed E-state index contributed by atoms with van der Waals surface area (Å²) >= 11 is 2.40. The minimum absolute atomic E-state index is 0.0112. The van der Waals surface area contributed by atoms with Crippen molar-refractivity contribution in [2.45, 2.75) is 118 Å². The maximum Gasteiger partial charge on any atom is 0.307 e. The SMILES string of the molecule is CCCC(=O)[C@H](CCCCC(=O)CSC[C@H](CC(C)=O)C(=O)NC(C)C)NC(=O)CSC[C@H](CC(=O)OC(C)(C)C)C(=O)O. The molecule has 3 atom stereocenters. The number of hydrogen-bond donors (Lipinski definition) is 3. The largest absolute Gasteiger partial charge is 0.481 e. The molecule has 0 saturated heterocycles. The van der Waals surface area contributed by atoms with Gasteiger partial charge in [0.15, 0.2) is 5.78 Å². The van der Waals surface area contributed by atoms with Crippen LogP contribution in [0.15, 0.2) is 0 Å². The van der Waals surface area contributed by atoms with Gasteiger partial charge in [-0.3, -0.25) is 28.8 Å². The summed E-state index contributed by atoms with van der Waals surface area (Å²) in [5.41, 5.74) is -0.730. The first kappa shape index (κ1) is 41.6.